The topological polar surface area (TPSA) is 47.6 Å². The van der Waals surface area contributed by atoms with E-state index >= 15 is 0 Å². The van der Waals surface area contributed by atoms with Gasteiger partial charge < -0.3 is 14.8 Å². The third-order valence-electron chi connectivity index (χ3n) is 3.82. The summed E-state index contributed by atoms with van der Waals surface area (Å²) in [5.74, 6) is 0.899. The fourth-order valence-corrected chi connectivity index (χ4v) is 2.84. The van der Waals surface area contributed by atoms with Crippen LogP contribution in [0.4, 0.5) is 5.69 Å². The predicted octanol–water partition coefficient (Wildman–Crippen LogP) is 4.24. The largest absolute Gasteiger partial charge is 0.486 e. The highest BCUT2D eigenvalue weighted by molar-refractivity contribution is 6.34. The maximum absolute atomic E-state index is 12.6. The number of carbonyl (C=O) groups is 1. The minimum atomic E-state index is -0.222. The first-order valence-corrected chi connectivity index (χ1v) is 8.01. The molecule has 4 nitrogen and oxygen atoms in total. The molecule has 0 fully saturated rings. The first-order chi connectivity index (χ1) is 11.2. The Morgan fingerprint density at radius 3 is 2.48 bits per heavy atom. The van der Waals surface area contributed by atoms with Gasteiger partial charge in [0.1, 0.15) is 13.2 Å². The van der Waals surface area contributed by atoms with Crippen molar-refractivity contribution in [1.29, 1.82) is 0 Å². The minimum absolute atomic E-state index is 0.0859. The lowest BCUT2D eigenvalue weighted by atomic mass is 9.95. The lowest BCUT2D eigenvalue weighted by molar-refractivity contribution is -0.117. The molecule has 0 saturated heterocycles. The van der Waals surface area contributed by atoms with Gasteiger partial charge in [-0.3, -0.25) is 4.79 Å². The molecule has 0 aliphatic carbocycles. The van der Waals surface area contributed by atoms with Gasteiger partial charge in [0.25, 0.3) is 0 Å². The Balaban J connectivity index is 1.82. The average molecular weight is 332 g/mol. The van der Waals surface area contributed by atoms with Crippen LogP contribution in [0.25, 0.3) is 0 Å². The van der Waals surface area contributed by atoms with E-state index in [0.717, 1.165) is 5.56 Å². The van der Waals surface area contributed by atoms with E-state index in [2.05, 4.69) is 5.32 Å². The van der Waals surface area contributed by atoms with Crippen LogP contribution in [0.5, 0.6) is 11.5 Å². The zero-order chi connectivity index (χ0) is 16.2. The number of halogens is 1. The number of benzene rings is 2. The van der Waals surface area contributed by atoms with Gasteiger partial charge in [0.2, 0.25) is 5.91 Å². The maximum Gasteiger partial charge on any atom is 0.231 e. The summed E-state index contributed by atoms with van der Waals surface area (Å²) in [6.45, 7) is 2.98. The molecule has 1 atom stereocenters. The molecule has 23 heavy (non-hydrogen) atoms. The van der Waals surface area contributed by atoms with Gasteiger partial charge in [-0.15, -0.1) is 0 Å². The molecule has 0 aromatic heterocycles. The molecular formula is C18H18ClNO3. The zero-order valence-electron chi connectivity index (χ0n) is 12.8. The first-order valence-electron chi connectivity index (χ1n) is 7.64. The average Bonchev–Trinajstić information content (AvgIpc) is 2.57. The minimum Gasteiger partial charge on any atom is -0.486 e. The normalized spacial score (nSPS) is 14.2. The van der Waals surface area contributed by atoms with Gasteiger partial charge in [-0.05, 0) is 12.0 Å². The molecule has 1 aliphatic heterocycles. The number of rotatable bonds is 4. The number of hydrogen-bond acceptors (Lipinski definition) is 3. The number of hydrogen-bond donors (Lipinski definition) is 1. The summed E-state index contributed by atoms with van der Waals surface area (Å²) in [5.41, 5.74) is 1.52. The van der Waals surface area contributed by atoms with Crippen LogP contribution in [0.15, 0.2) is 42.5 Å². The Kier molecular flexibility index (Phi) is 4.72. The maximum atomic E-state index is 12.6. The van der Waals surface area contributed by atoms with Crippen molar-refractivity contribution in [3.63, 3.8) is 0 Å². The fourth-order valence-electron chi connectivity index (χ4n) is 2.64. The SMILES string of the molecule is CCC(C(=O)Nc1cc2c(cc1Cl)OCCO2)c1ccccc1. The van der Waals surface area contributed by atoms with E-state index in [1.165, 1.54) is 0 Å². The van der Waals surface area contributed by atoms with Gasteiger partial charge >= 0.3 is 0 Å². The Bertz CT molecular complexity index is 703. The van der Waals surface area contributed by atoms with E-state index in [1.54, 1.807) is 12.1 Å². The molecule has 1 N–H and O–H groups in total. The summed E-state index contributed by atoms with van der Waals surface area (Å²) in [5, 5.41) is 3.34. The van der Waals surface area contributed by atoms with E-state index in [0.29, 0.717) is 41.8 Å². The Morgan fingerprint density at radius 2 is 1.83 bits per heavy atom. The standard InChI is InChI=1S/C18H18ClNO3/c1-2-13(12-6-4-3-5-7-12)18(21)20-15-11-17-16(10-14(15)19)22-8-9-23-17/h3-7,10-11,13H,2,8-9H2,1H3,(H,20,21). The number of ether oxygens (including phenoxy) is 2. The van der Waals surface area contributed by atoms with Crippen molar-refractivity contribution in [2.24, 2.45) is 0 Å². The van der Waals surface area contributed by atoms with Crippen molar-refractivity contribution in [3.8, 4) is 11.5 Å². The molecule has 2 aromatic carbocycles. The van der Waals surface area contributed by atoms with Crippen molar-refractivity contribution in [2.45, 2.75) is 19.3 Å². The first kappa shape index (κ1) is 15.7. The van der Waals surface area contributed by atoms with E-state index in [4.69, 9.17) is 21.1 Å². The van der Waals surface area contributed by atoms with Crippen LogP contribution in [-0.2, 0) is 4.79 Å². The third kappa shape index (κ3) is 3.42. The molecule has 0 spiro atoms. The summed E-state index contributed by atoms with van der Waals surface area (Å²) < 4.78 is 11.0. The zero-order valence-corrected chi connectivity index (χ0v) is 13.6. The Hall–Kier alpha value is -2.20. The lowest BCUT2D eigenvalue weighted by Crippen LogP contribution is -2.21. The van der Waals surface area contributed by atoms with Crippen molar-refractivity contribution in [2.75, 3.05) is 18.5 Å². The number of amides is 1. The van der Waals surface area contributed by atoms with Gasteiger partial charge in [-0.25, -0.2) is 0 Å². The van der Waals surface area contributed by atoms with Crippen molar-refractivity contribution in [1.82, 2.24) is 0 Å². The van der Waals surface area contributed by atoms with E-state index in [9.17, 15) is 4.79 Å². The van der Waals surface area contributed by atoms with Gasteiger partial charge in [0, 0.05) is 12.1 Å². The molecule has 1 heterocycles. The van der Waals surface area contributed by atoms with Gasteiger partial charge in [0.05, 0.1) is 16.6 Å². The van der Waals surface area contributed by atoms with Crippen LogP contribution in [-0.4, -0.2) is 19.1 Å². The van der Waals surface area contributed by atoms with Crippen LogP contribution >= 0.6 is 11.6 Å². The summed E-state index contributed by atoms with van der Waals surface area (Å²) in [4.78, 5) is 12.6. The summed E-state index contributed by atoms with van der Waals surface area (Å²) in [7, 11) is 0. The summed E-state index contributed by atoms with van der Waals surface area (Å²) in [6.07, 6.45) is 0.706. The van der Waals surface area contributed by atoms with Crippen LogP contribution in [0, 0.1) is 0 Å². The molecule has 2 aromatic rings. The smallest absolute Gasteiger partial charge is 0.231 e. The molecule has 1 unspecified atom stereocenters. The quantitative estimate of drug-likeness (QED) is 0.911. The highest BCUT2D eigenvalue weighted by atomic mass is 35.5. The monoisotopic (exact) mass is 331 g/mol. The van der Waals surface area contributed by atoms with E-state index in [-0.39, 0.29) is 11.8 Å². The highest BCUT2D eigenvalue weighted by Gasteiger charge is 2.21. The highest BCUT2D eigenvalue weighted by Crippen LogP contribution is 2.38. The number of carbonyl (C=O) groups excluding carboxylic acids is 1. The molecule has 1 amide bonds. The lowest BCUT2D eigenvalue weighted by Gasteiger charge is -2.21. The number of nitrogens with one attached hydrogen (secondary N) is 1. The van der Waals surface area contributed by atoms with Crippen molar-refractivity contribution in [3.05, 3.63) is 53.1 Å². The van der Waals surface area contributed by atoms with E-state index in [1.807, 2.05) is 37.3 Å². The van der Waals surface area contributed by atoms with Crippen LogP contribution < -0.4 is 14.8 Å². The third-order valence-corrected chi connectivity index (χ3v) is 4.13. The molecule has 120 valence electrons. The second-order valence-corrected chi connectivity index (χ2v) is 5.74. The van der Waals surface area contributed by atoms with E-state index < -0.39 is 0 Å². The van der Waals surface area contributed by atoms with Crippen LogP contribution in [0.1, 0.15) is 24.8 Å². The second-order valence-electron chi connectivity index (χ2n) is 5.34. The van der Waals surface area contributed by atoms with Crippen LogP contribution in [0.2, 0.25) is 5.02 Å². The summed E-state index contributed by atoms with van der Waals surface area (Å²) in [6, 6.07) is 13.1. The van der Waals surface area contributed by atoms with Crippen molar-refractivity contribution < 1.29 is 14.3 Å². The van der Waals surface area contributed by atoms with Crippen molar-refractivity contribution >= 4 is 23.2 Å². The second kappa shape index (κ2) is 6.92. The molecule has 0 radical (unpaired) electrons. The van der Waals surface area contributed by atoms with Crippen LogP contribution in [0.3, 0.4) is 0 Å². The number of fused-ring (bicyclic) bond motifs is 1. The molecule has 0 bridgehead atoms. The number of anilines is 1. The summed E-state index contributed by atoms with van der Waals surface area (Å²) >= 11 is 6.25. The van der Waals surface area contributed by atoms with Gasteiger partial charge in [-0.1, -0.05) is 48.9 Å². The molecule has 3 rings (SSSR count). The Morgan fingerprint density at radius 1 is 1.17 bits per heavy atom. The molecular weight excluding hydrogens is 314 g/mol. The molecule has 1 aliphatic rings. The predicted molar refractivity (Wildman–Crippen MR) is 90.5 cm³/mol. The molecule has 5 heteroatoms. The van der Waals surface area contributed by atoms with Gasteiger partial charge in [0.15, 0.2) is 11.5 Å². The Labute approximate surface area is 140 Å². The van der Waals surface area contributed by atoms with Gasteiger partial charge in [-0.2, -0.15) is 0 Å². The fraction of sp³-hybridized carbons (Fsp3) is 0.278. The molecule has 0 saturated carbocycles.